The highest BCUT2D eigenvalue weighted by molar-refractivity contribution is 5.18. The Morgan fingerprint density at radius 1 is 1.05 bits per heavy atom. The number of benzene rings is 1. The molecule has 0 aliphatic heterocycles. The predicted octanol–water partition coefficient (Wildman–Crippen LogP) is 1.74. The van der Waals surface area contributed by atoms with Crippen molar-refractivity contribution in [2.24, 2.45) is 0 Å². The quantitative estimate of drug-likeness (QED) is 0.743. The third-order valence-corrected chi connectivity index (χ3v) is 2.61. The molecule has 0 fully saturated rings. The van der Waals surface area contributed by atoms with E-state index in [1.807, 2.05) is 48.5 Å². The van der Waals surface area contributed by atoms with E-state index in [2.05, 4.69) is 10.3 Å². The van der Waals surface area contributed by atoms with Gasteiger partial charge in [0.1, 0.15) is 6.61 Å². The van der Waals surface area contributed by atoms with Crippen LogP contribution in [0.1, 0.15) is 11.3 Å². The lowest BCUT2D eigenvalue weighted by Crippen LogP contribution is -2.18. The average Bonchev–Trinajstić information content (AvgIpc) is 2.47. The van der Waals surface area contributed by atoms with E-state index in [1.54, 1.807) is 0 Å². The van der Waals surface area contributed by atoms with Gasteiger partial charge in [-0.05, 0) is 11.6 Å². The third kappa shape index (κ3) is 4.69. The van der Waals surface area contributed by atoms with Crippen LogP contribution in [-0.4, -0.2) is 23.2 Å². The van der Waals surface area contributed by atoms with Gasteiger partial charge in [-0.2, -0.15) is 0 Å². The molecule has 0 saturated heterocycles. The number of pyridine rings is 1. The number of hydrogen-bond acceptors (Lipinski definition) is 4. The van der Waals surface area contributed by atoms with Gasteiger partial charge in [0.15, 0.2) is 0 Å². The van der Waals surface area contributed by atoms with E-state index >= 15 is 0 Å². The van der Waals surface area contributed by atoms with Crippen LogP contribution in [0.3, 0.4) is 0 Å². The monoisotopic (exact) mass is 258 g/mol. The van der Waals surface area contributed by atoms with Gasteiger partial charge in [0, 0.05) is 19.2 Å². The highest BCUT2D eigenvalue weighted by Gasteiger charge is 1.99. The van der Waals surface area contributed by atoms with E-state index in [9.17, 15) is 0 Å². The van der Waals surface area contributed by atoms with Gasteiger partial charge >= 0.3 is 0 Å². The summed E-state index contributed by atoms with van der Waals surface area (Å²) < 4.78 is 5.65. The summed E-state index contributed by atoms with van der Waals surface area (Å²) in [6.07, 6.45) is 0. The minimum absolute atomic E-state index is 0.129. The molecule has 0 bridgehead atoms. The number of aliphatic hydroxyl groups is 1. The highest BCUT2D eigenvalue weighted by Crippen LogP contribution is 2.10. The summed E-state index contributed by atoms with van der Waals surface area (Å²) in [7, 11) is 0. The second-order valence-electron chi connectivity index (χ2n) is 4.14. The minimum atomic E-state index is 0.129. The van der Waals surface area contributed by atoms with E-state index < -0.39 is 0 Å². The molecule has 0 unspecified atom stereocenters. The van der Waals surface area contributed by atoms with E-state index in [4.69, 9.17) is 9.84 Å². The topological polar surface area (TPSA) is 54.4 Å². The van der Waals surface area contributed by atoms with Crippen molar-refractivity contribution in [3.8, 4) is 5.88 Å². The van der Waals surface area contributed by atoms with Crippen LogP contribution in [-0.2, 0) is 13.2 Å². The Bertz CT molecular complexity index is 489. The van der Waals surface area contributed by atoms with Crippen LogP contribution in [0.15, 0.2) is 48.5 Å². The molecule has 2 rings (SSSR count). The van der Waals surface area contributed by atoms with Crippen molar-refractivity contribution in [1.82, 2.24) is 10.3 Å². The van der Waals surface area contributed by atoms with Crippen LogP contribution in [0.25, 0.3) is 0 Å². The van der Waals surface area contributed by atoms with Crippen LogP contribution in [0.2, 0.25) is 0 Å². The van der Waals surface area contributed by atoms with Crippen molar-refractivity contribution in [3.05, 3.63) is 59.8 Å². The standard InChI is InChI=1S/C15H18N2O2/c18-10-9-16-11-14-7-4-8-15(17-14)19-12-13-5-2-1-3-6-13/h1-8,16,18H,9-12H2. The van der Waals surface area contributed by atoms with Crippen LogP contribution in [0.5, 0.6) is 5.88 Å². The molecule has 0 aliphatic carbocycles. The number of ether oxygens (including phenoxy) is 1. The van der Waals surface area contributed by atoms with Gasteiger partial charge in [-0.15, -0.1) is 0 Å². The maximum absolute atomic E-state index is 8.70. The van der Waals surface area contributed by atoms with Crippen molar-refractivity contribution < 1.29 is 9.84 Å². The lowest BCUT2D eigenvalue weighted by Gasteiger charge is -2.07. The zero-order valence-corrected chi connectivity index (χ0v) is 10.7. The second kappa shape index (κ2) is 7.51. The fraction of sp³-hybridized carbons (Fsp3) is 0.267. The Kier molecular flexibility index (Phi) is 5.34. The van der Waals surface area contributed by atoms with E-state index in [0.29, 0.717) is 25.6 Å². The van der Waals surface area contributed by atoms with Crippen molar-refractivity contribution >= 4 is 0 Å². The average molecular weight is 258 g/mol. The van der Waals surface area contributed by atoms with Crippen molar-refractivity contribution in [3.63, 3.8) is 0 Å². The van der Waals surface area contributed by atoms with Gasteiger partial charge in [0.2, 0.25) is 5.88 Å². The molecule has 0 amide bonds. The molecular formula is C15H18N2O2. The lowest BCUT2D eigenvalue weighted by atomic mass is 10.2. The third-order valence-electron chi connectivity index (χ3n) is 2.61. The number of nitrogens with one attached hydrogen (secondary N) is 1. The smallest absolute Gasteiger partial charge is 0.213 e. The first-order chi connectivity index (χ1) is 9.38. The minimum Gasteiger partial charge on any atom is -0.473 e. The SMILES string of the molecule is OCCNCc1cccc(OCc2ccccc2)n1. The normalized spacial score (nSPS) is 10.4. The largest absolute Gasteiger partial charge is 0.473 e. The highest BCUT2D eigenvalue weighted by atomic mass is 16.5. The zero-order valence-electron chi connectivity index (χ0n) is 10.7. The van der Waals surface area contributed by atoms with Crippen molar-refractivity contribution in [2.45, 2.75) is 13.2 Å². The molecule has 2 N–H and O–H groups in total. The molecule has 1 heterocycles. The second-order valence-corrected chi connectivity index (χ2v) is 4.14. The Hall–Kier alpha value is -1.91. The molecular weight excluding hydrogens is 240 g/mol. The molecule has 0 saturated carbocycles. The predicted molar refractivity (Wildman–Crippen MR) is 73.8 cm³/mol. The summed E-state index contributed by atoms with van der Waals surface area (Å²) in [4.78, 5) is 4.39. The molecule has 2 aromatic rings. The summed E-state index contributed by atoms with van der Waals surface area (Å²) in [5.41, 5.74) is 2.02. The lowest BCUT2D eigenvalue weighted by molar-refractivity contribution is 0.288. The number of hydrogen-bond donors (Lipinski definition) is 2. The fourth-order valence-electron chi connectivity index (χ4n) is 1.66. The van der Waals surface area contributed by atoms with Crippen LogP contribution >= 0.6 is 0 Å². The van der Waals surface area contributed by atoms with Crippen molar-refractivity contribution in [1.29, 1.82) is 0 Å². The molecule has 19 heavy (non-hydrogen) atoms. The molecule has 1 aromatic heterocycles. The van der Waals surface area contributed by atoms with Crippen LogP contribution in [0.4, 0.5) is 0 Å². The van der Waals surface area contributed by atoms with E-state index in [1.165, 1.54) is 0 Å². The molecule has 1 aromatic carbocycles. The van der Waals surface area contributed by atoms with E-state index in [0.717, 1.165) is 11.3 Å². The molecule has 4 nitrogen and oxygen atoms in total. The van der Waals surface area contributed by atoms with Crippen LogP contribution < -0.4 is 10.1 Å². The Labute approximate surface area is 113 Å². The van der Waals surface area contributed by atoms with Gasteiger partial charge in [-0.25, -0.2) is 4.98 Å². The molecule has 0 atom stereocenters. The van der Waals surface area contributed by atoms with Gasteiger partial charge in [0.25, 0.3) is 0 Å². The summed E-state index contributed by atoms with van der Waals surface area (Å²) in [5.74, 6) is 0.618. The Morgan fingerprint density at radius 3 is 2.68 bits per heavy atom. The molecule has 4 heteroatoms. The fourth-order valence-corrected chi connectivity index (χ4v) is 1.66. The first-order valence-electron chi connectivity index (χ1n) is 6.33. The summed E-state index contributed by atoms with van der Waals surface area (Å²) in [6.45, 7) is 1.84. The van der Waals surface area contributed by atoms with Gasteiger partial charge < -0.3 is 15.2 Å². The number of aliphatic hydroxyl groups excluding tert-OH is 1. The van der Waals surface area contributed by atoms with Gasteiger partial charge in [-0.3, -0.25) is 0 Å². The first-order valence-corrected chi connectivity index (χ1v) is 6.33. The zero-order chi connectivity index (χ0) is 13.3. The number of aromatic nitrogens is 1. The van der Waals surface area contributed by atoms with Gasteiger partial charge in [-0.1, -0.05) is 36.4 Å². The molecule has 0 spiro atoms. The molecule has 100 valence electrons. The number of rotatable bonds is 7. The number of nitrogens with zero attached hydrogens (tertiary/aromatic N) is 1. The maximum atomic E-state index is 8.70. The Morgan fingerprint density at radius 2 is 1.89 bits per heavy atom. The summed E-state index contributed by atoms with van der Waals surface area (Å²) >= 11 is 0. The maximum Gasteiger partial charge on any atom is 0.213 e. The summed E-state index contributed by atoms with van der Waals surface area (Å²) in [6, 6.07) is 15.7. The van der Waals surface area contributed by atoms with Gasteiger partial charge in [0.05, 0.1) is 12.3 Å². The van der Waals surface area contributed by atoms with Crippen molar-refractivity contribution in [2.75, 3.05) is 13.2 Å². The van der Waals surface area contributed by atoms with E-state index in [-0.39, 0.29) is 6.61 Å². The van der Waals surface area contributed by atoms with Crippen LogP contribution in [0, 0.1) is 0 Å². The molecule has 0 radical (unpaired) electrons. The molecule has 0 aliphatic rings. The summed E-state index contributed by atoms with van der Waals surface area (Å²) in [5, 5.41) is 11.8. The Balaban J connectivity index is 1.88. The first kappa shape index (κ1) is 13.5.